The van der Waals surface area contributed by atoms with Crippen molar-refractivity contribution in [3.8, 4) is 0 Å². The van der Waals surface area contributed by atoms with Crippen molar-refractivity contribution in [3.63, 3.8) is 0 Å². The summed E-state index contributed by atoms with van der Waals surface area (Å²) in [5, 5.41) is 0. The van der Waals surface area contributed by atoms with Gasteiger partial charge in [0.25, 0.3) is 0 Å². The lowest BCUT2D eigenvalue weighted by Crippen LogP contribution is -2.09. The molecule has 0 amide bonds. The smallest absolute Gasteiger partial charge is 0.305 e. The largest absolute Gasteiger partial charge is 0.465 e. The normalized spacial score (nSPS) is 11.0. The first kappa shape index (κ1) is 34.3. The molecule has 5 heteroatoms. The van der Waals surface area contributed by atoms with Gasteiger partial charge in [0.2, 0.25) is 0 Å². The Kier molecular flexibility index (Phi) is 28.9. The zero-order valence-corrected chi connectivity index (χ0v) is 24.2. The Balaban J connectivity index is 3.26. The first-order valence-electron chi connectivity index (χ1n) is 15.1. The lowest BCUT2D eigenvalue weighted by Gasteiger charge is -2.06. The van der Waals surface area contributed by atoms with Gasteiger partial charge in [-0.1, -0.05) is 129 Å². The van der Waals surface area contributed by atoms with E-state index in [9.17, 15) is 9.59 Å². The second-order valence-corrected chi connectivity index (χ2v) is 11.1. The van der Waals surface area contributed by atoms with Gasteiger partial charge in [0.15, 0.2) is 0 Å². The Morgan fingerprint density at radius 3 is 1.06 bits per heavy atom. The van der Waals surface area contributed by atoms with Crippen LogP contribution in [0.5, 0.6) is 0 Å². The summed E-state index contributed by atoms with van der Waals surface area (Å²) in [6.07, 6.45) is 26.5. The summed E-state index contributed by atoms with van der Waals surface area (Å²) in [5.74, 6) is 1.38. The average molecular weight is 515 g/mol. The van der Waals surface area contributed by atoms with E-state index in [4.69, 9.17) is 9.47 Å². The molecule has 35 heavy (non-hydrogen) atoms. The predicted molar refractivity (Wildman–Crippen MR) is 152 cm³/mol. The topological polar surface area (TPSA) is 52.6 Å². The highest BCUT2D eigenvalue weighted by Crippen LogP contribution is 2.13. The van der Waals surface area contributed by atoms with Crippen molar-refractivity contribution in [2.75, 3.05) is 24.7 Å². The van der Waals surface area contributed by atoms with Crippen LogP contribution in [0.4, 0.5) is 0 Å². The zero-order chi connectivity index (χ0) is 25.7. The van der Waals surface area contributed by atoms with E-state index in [-0.39, 0.29) is 11.9 Å². The van der Waals surface area contributed by atoms with Crippen molar-refractivity contribution >= 4 is 23.7 Å². The summed E-state index contributed by atoms with van der Waals surface area (Å²) < 4.78 is 10.6. The highest BCUT2D eigenvalue weighted by atomic mass is 32.2. The molecule has 0 heterocycles. The van der Waals surface area contributed by atoms with Crippen molar-refractivity contribution in [2.24, 2.45) is 0 Å². The molecule has 0 radical (unpaired) electrons. The second-order valence-electron chi connectivity index (χ2n) is 9.92. The molecule has 0 bridgehead atoms. The number of hydrogen-bond donors (Lipinski definition) is 0. The van der Waals surface area contributed by atoms with Gasteiger partial charge in [-0.3, -0.25) is 9.59 Å². The maximum Gasteiger partial charge on any atom is 0.305 e. The summed E-state index contributed by atoms with van der Waals surface area (Å²) in [5.41, 5.74) is 0. The van der Waals surface area contributed by atoms with Crippen molar-refractivity contribution in [3.05, 3.63) is 0 Å². The van der Waals surface area contributed by atoms with Crippen LogP contribution in [0.25, 0.3) is 0 Å². The summed E-state index contributed by atoms with van der Waals surface area (Å²) in [7, 11) is 0. The van der Waals surface area contributed by atoms with E-state index >= 15 is 0 Å². The molecule has 0 aromatic rings. The van der Waals surface area contributed by atoms with E-state index in [0.29, 0.717) is 26.1 Å². The van der Waals surface area contributed by atoms with Crippen LogP contribution in [-0.2, 0) is 19.1 Å². The molecule has 0 atom stereocenters. The molecule has 0 aromatic heterocycles. The fourth-order valence-electron chi connectivity index (χ4n) is 4.19. The molecule has 0 saturated carbocycles. The van der Waals surface area contributed by atoms with Crippen LogP contribution >= 0.6 is 11.8 Å². The van der Waals surface area contributed by atoms with Gasteiger partial charge in [0, 0.05) is 24.3 Å². The Bertz CT molecular complexity index is 416. The maximum atomic E-state index is 11.8. The summed E-state index contributed by atoms with van der Waals surface area (Å²) in [4.78, 5) is 23.6. The summed E-state index contributed by atoms with van der Waals surface area (Å²) >= 11 is 1.67. The fraction of sp³-hybridized carbons (Fsp3) is 0.933. The number of carbonyl (C=O) groups excluding carboxylic acids is 2. The number of rotatable bonds is 28. The molecule has 0 N–H and O–H groups in total. The van der Waals surface area contributed by atoms with E-state index < -0.39 is 0 Å². The van der Waals surface area contributed by atoms with E-state index in [0.717, 1.165) is 37.2 Å². The highest BCUT2D eigenvalue weighted by molar-refractivity contribution is 7.99. The molecule has 0 spiro atoms. The number of unbranched alkanes of at least 4 members (excludes halogenated alkanes) is 18. The van der Waals surface area contributed by atoms with E-state index in [2.05, 4.69) is 13.8 Å². The van der Waals surface area contributed by atoms with Gasteiger partial charge in [0.05, 0.1) is 0 Å². The fourth-order valence-corrected chi connectivity index (χ4v) is 4.80. The minimum atomic E-state index is -0.0758. The van der Waals surface area contributed by atoms with E-state index in [1.165, 1.54) is 103 Å². The minimum absolute atomic E-state index is 0.0758. The molecular formula is C30H58O4S. The van der Waals surface area contributed by atoms with Crippen molar-refractivity contribution in [2.45, 2.75) is 155 Å². The Morgan fingerprint density at radius 1 is 0.457 bits per heavy atom. The van der Waals surface area contributed by atoms with Crippen LogP contribution in [0.1, 0.15) is 155 Å². The lowest BCUT2D eigenvalue weighted by atomic mass is 10.1. The molecule has 0 aliphatic carbocycles. The van der Waals surface area contributed by atoms with Crippen LogP contribution in [0, 0.1) is 0 Å². The van der Waals surface area contributed by atoms with Crippen LogP contribution in [0.15, 0.2) is 0 Å². The lowest BCUT2D eigenvalue weighted by molar-refractivity contribution is -0.143. The summed E-state index contributed by atoms with van der Waals surface area (Å²) in [6.45, 7) is 5.41. The van der Waals surface area contributed by atoms with Crippen LogP contribution < -0.4 is 0 Å². The molecule has 208 valence electrons. The van der Waals surface area contributed by atoms with Crippen molar-refractivity contribution in [1.82, 2.24) is 0 Å². The van der Waals surface area contributed by atoms with Gasteiger partial charge in [-0.15, -0.1) is 0 Å². The van der Waals surface area contributed by atoms with Gasteiger partial charge in [-0.05, 0) is 12.8 Å². The first-order valence-corrected chi connectivity index (χ1v) is 16.2. The van der Waals surface area contributed by atoms with Crippen LogP contribution in [-0.4, -0.2) is 36.7 Å². The van der Waals surface area contributed by atoms with E-state index in [1.54, 1.807) is 11.8 Å². The maximum absolute atomic E-state index is 11.8. The quantitative estimate of drug-likeness (QED) is 0.0768. The van der Waals surface area contributed by atoms with Crippen molar-refractivity contribution in [1.29, 1.82) is 0 Å². The van der Waals surface area contributed by atoms with Gasteiger partial charge in [0.1, 0.15) is 13.2 Å². The van der Waals surface area contributed by atoms with Gasteiger partial charge in [-0.25, -0.2) is 0 Å². The third-order valence-corrected chi connectivity index (χ3v) is 7.36. The minimum Gasteiger partial charge on any atom is -0.465 e. The molecule has 0 unspecified atom stereocenters. The van der Waals surface area contributed by atoms with Crippen LogP contribution in [0.2, 0.25) is 0 Å². The SMILES string of the molecule is CCCCCCCCCCCCC(=O)OCCSCCOC(=O)CCCCCCCCCCCC. The summed E-state index contributed by atoms with van der Waals surface area (Å²) in [6, 6.07) is 0. The number of esters is 2. The van der Waals surface area contributed by atoms with Crippen LogP contribution in [0.3, 0.4) is 0 Å². The van der Waals surface area contributed by atoms with Gasteiger partial charge >= 0.3 is 11.9 Å². The number of ether oxygens (including phenoxy) is 2. The molecule has 0 rings (SSSR count). The first-order chi connectivity index (χ1) is 17.2. The molecular weight excluding hydrogens is 456 g/mol. The van der Waals surface area contributed by atoms with E-state index in [1.807, 2.05) is 0 Å². The number of hydrogen-bond acceptors (Lipinski definition) is 5. The predicted octanol–water partition coefficient (Wildman–Crippen LogP) is 9.43. The molecule has 0 aliphatic heterocycles. The Labute approximate surface area is 222 Å². The second kappa shape index (κ2) is 29.5. The molecule has 0 fully saturated rings. The molecule has 0 aliphatic rings. The molecule has 0 aromatic carbocycles. The third-order valence-electron chi connectivity index (χ3n) is 6.45. The monoisotopic (exact) mass is 514 g/mol. The number of thioether (sulfide) groups is 1. The number of carbonyl (C=O) groups is 2. The molecule has 0 saturated heterocycles. The average Bonchev–Trinajstić information content (AvgIpc) is 2.85. The van der Waals surface area contributed by atoms with Crippen molar-refractivity contribution < 1.29 is 19.1 Å². The third kappa shape index (κ3) is 29.4. The zero-order valence-electron chi connectivity index (χ0n) is 23.4. The Hall–Kier alpha value is -0.710. The standard InChI is InChI=1S/C30H58O4S/c1-3-5-7-9-11-13-15-17-19-21-23-29(31)33-25-27-35-28-26-34-30(32)24-22-20-18-16-14-12-10-8-6-4-2/h3-28H2,1-2H3. The highest BCUT2D eigenvalue weighted by Gasteiger charge is 2.04. The Morgan fingerprint density at radius 2 is 0.743 bits per heavy atom. The van der Waals surface area contributed by atoms with Gasteiger partial charge < -0.3 is 9.47 Å². The molecule has 4 nitrogen and oxygen atoms in total. The van der Waals surface area contributed by atoms with Gasteiger partial charge in [-0.2, -0.15) is 11.8 Å².